The van der Waals surface area contributed by atoms with Gasteiger partial charge in [0, 0.05) is 5.56 Å². The summed E-state index contributed by atoms with van der Waals surface area (Å²) in [5, 5.41) is 27.5. The van der Waals surface area contributed by atoms with E-state index in [4.69, 9.17) is 15.3 Å². The lowest BCUT2D eigenvalue weighted by molar-refractivity contribution is 0.317. The largest absolute Gasteiger partial charge is 0.504 e. The number of phenols is 1. The van der Waals surface area contributed by atoms with Gasteiger partial charge in [-0.3, -0.25) is 0 Å². The second kappa shape index (κ2) is 6.88. The molecular formula is C15H14N2O2. The van der Waals surface area contributed by atoms with Crippen LogP contribution in [0.4, 0.5) is 0 Å². The number of phenolic OH excluding ortho intramolecular Hbond substituents is 1. The lowest BCUT2D eigenvalue weighted by Crippen LogP contribution is -1.95. The maximum atomic E-state index is 10.0. The molecule has 19 heavy (non-hydrogen) atoms. The van der Waals surface area contributed by atoms with Gasteiger partial charge in [0.05, 0.1) is 6.61 Å². The number of hydrogen-bond donors (Lipinski definition) is 1. The molecule has 0 saturated carbocycles. The highest BCUT2D eigenvalue weighted by molar-refractivity contribution is 5.66. The van der Waals surface area contributed by atoms with Crippen molar-refractivity contribution in [2.24, 2.45) is 0 Å². The van der Waals surface area contributed by atoms with E-state index in [1.54, 1.807) is 30.3 Å². The molecule has 0 unspecified atom stereocenters. The van der Waals surface area contributed by atoms with Crippen molar-refractivity contribution in [2.75, 3.05) is 6.61 Å². The van der Waals surface area contributed by atoms with E-state index in [1.807, 2.05) is 6.92 Å². The molecule has 1 N–H and O–H groups in total. The van der Waals surface area contributed by atoms with Gasteiger partial charge in [0.1, 0.15) is 17.7 Å². The number of allylic oxidation sites excluding steroid dienone is 2. The summed E-state index contributed by atoms with van der Waals surface area (Å²) in [6.45, 7) is 5.85. The highest BCUT2D eigenvalue weighted by Crippen LogP contribution is 2.33. The Bertz CT molecular complexity index is 573. The third kappa shape index (κ3) is 3.62. The fraction of sp³-hybridized carbons (Fsp3) is 0.200. The van der Waals surface area contributed by atoms with E-state index in [-0.39, 0.29) is 11.3 Å². The molecular weight excluding hydrogens is 240 g/mol. The Kier molecular flexibility index (Phi) is 5.19. The summed E-state index contributed by atoms with van der Waals surface area (Å²) in [5.41, 5.74) is 1.27. The van der Waals surface area contributed by atoms with E-state index in [1.165, 1.54) is 6.08 Å². The number of aromatic hydroxyl groups is 1. The van der Waals surface area contributed by atoms with Crippen LogP contribution in [0.2, 0.25) is 0 Å². The van der Waals surface area contributed by atoms with Gasteiger partial charge in [-0.15, -0.1) is 6.58 Å². The first-order valence-electron chi connectivity index (χ1n) is 5.77. The van der Waals surface area contributed by atoms with Crippen molar-refractivity contribution in [1.29, 1.82) is 10.5 Å². The van der Waals surface area contributed by atoms with Crippen LogP contribution in [0, 0.1) is 22.7 Å². The molecule has 0 bridgehead atoms. The molecule has 0 aliphatic carbocycles. The second-order valence-electron chi connectivity index (χ2n) is 3.73. The molecule has 96 valence electrons. The average molecular weight is 254 g/mol. The Hall–Kier alpha value is -2.72. The zero-order valence-electron chi connectivity index (χ0n) is 10.7. The molecule has 4 heteroatoms. The third-order valence-corrected chi connectivity index (χ3v) is 2.39. The van der Waals surface area contributed by atoms with E-state index in [0.29, 0.717) is 29.9 Å². The predicted octanol–water partition coefficient (Wildman–Crippen LogP) is 2.95. The number of nitriles is 2. The van der Waals surface area contributed by atoms with Crippen molar-refractivity contribution in [1.82, 2.24) is 0 Å². The van der Waals surface area contributed by atoms with Crippen LogP contribution in [-0.4, -0.2) is 11.7 Å². The maximum Gasteiger partial charge on any atom is 0.161 e. The van der Waals surface area contributed by atoms with Gasteiger partial charge >= 0.3 is 0 Å². The van der Waals surface area contributed by atoms with Crippen LogP contribution in [0.5, 0.6) is 11.5 Å². The first-order valence-corrected chi connectivity index (χ1v) is 5.77. The minimum Gasteiger partial charge on any atom is -0.504 e. The van der Waals surface area contributed by atoms with Crippen LogP contribution in [-0.2, 0) is 6.42 Å². The summed E-state index contributed by atoms with van der Waals surface area (Å²) in [4.78, 5) is 0. The Morgan fingerprint density at radius 3 is 2.63 bits per heavy atom. The Balaban J connectivity index is 3.34. The quantitative estimate of drug-likeness (QED) is 0.647. The monoisotopic (exact) mass is 254 g/mol. The van der Waals surface area contributed by atoms with Gasteiger partial charge in [0.25, 0.3) is 0 Å². The van der Waals surface area contributed by atoms with Gasteiger partial charge < -0.3 is 9.84 Å². The third-order valence-electron chi connectivity index (χ3n) is 2.39. The topological polar surface area (TPSA) is 77.0 Å². The van der Waals surface area contributed by atoms with Crippen molar-refractivity contribution in [3.8, 4) is 23.6 Å². The minimum atomic E-state index is -0.00214. The van der Waals surface area contributed by atoms with E-state index >= 15 is 0 Å². The van der Waals surface area contributed by atoms with Crippen LogP contribution in [0.1, 0.15) is 18.1 Å². The fourth-order valence-electron chi connectivity index (χ4n) is 1.61. The van der Waals surface area contributed by atoms with Crippen molar-refractivity contribution in [2.45, 2.75) is 13.3 Å². The number of rotatable bonds is 5. The molecule has 0 aliphatic rings. The van der Waals surface area contributed by atoms with Gasteiger partial charge in [0.2, 0.25) is 0 Å². The SMILES string of the molecule is C=CCc1cc(C=C(C#N)C#N)cc(OCC)c1O. The molecule has 0 amide bonds. The number of hydrogen-bond acceptors (Lipinski definition) is 4. The summed E-state index contributed by atoms with van der Waals surface area (Å²) >= 11 is 0. The smallest absolute Gasteiger partial charge is 0.161 e. The Morgan fingerprint density at radius 1 is 1.42 bits per heavy atom. The summed E-state index contributed by atoms with van der Waals surface area (Å²) in [6, 6.07) is 6.89. The zero-order valence-corrected chi connectivity index (χ0v) is 10.7. The summed E-state index contributed by atoms with van der Waals surface area (Å²) < 4.78 is 5.33. The number of ether oxygens (including phenoxy) is 1. The van der Waals surface area contributed by atoms with Crippen molar-refractivity contribution >= 4 is 6.08 Å². The Labute approximate surface area is 112 Å². The molecule has 0 atom stereocenters. The number of nitrogens with zero attached hydrogens (tertiary/aromatic N) is 2. The zero-order chi connectivity index (χ0) is 14.3. The lowest BCUT2D eigenvalue weighted by atomic mass is 10.0. The molecule has 1 aromatic rings. The molecule has 0 fully saturated rings. The Morgan fingerprint density at radius 2 is 2.11 bits per heavy atom. The van der Waals surface area contributed by atoms with Gasteiger partial charge in [-0.05, 0) is 37.1 Å². The second-order valence-corrected chi connectivity index (χ2v) is 3.73. The maximum absolute atomic E-state index is 10.0. The molecule has 1 aromatic carbocycles. The van der Waals surface area contributed by atoms with Crippen molar-refractivity contribution in [3.05, 3.63) is 41.5 Å². The van der Waals surface area contributed by atoms with Crippen LogP contribution in [0.3, 0.4) is 0 Å². The molecule has 0 spiro atoms. The highest BCUT2D eigenvalue weighted by atomic mass is 16.5. The molecule has 0 saturated heterocycles. The molecule has 0 heterocycles. The molecule has 0 aliphatic heterocycles. The van der Waals surface area contributed by atoms with Gasteiger partial charge in [-0.1, -0.05) is 6.08 Å². The van der Waals surface area contributed by atoms with Gasteiger partial charge in [-0.25, -0.2) is 0 Å². The molecule has 0 aromatic heterocycles. The normalized spacial score (nSPS) is 9.00. The summed E-state index contributed by atoms with van der Waals surface area (Å²) in [5.74, 6) is 0.401. The lowest BCUT2D eigenvalue weighted by Gasteiger charge is -2.11. The average Bonchev–Trinajstić information content (AvgIpc) is 2.41. The van der Waals surface area contributed by atoms with Crippen molar-refractivity contribution < 1.29 is 9.84 Å². The predicted molar refractivity (Wildman–Crippen MR) is 72.4 cm³/mol. The summed E-state index contributed by atoms with van der Waals surface area (Å²) in [6.07, 6.45) is 3.59. The van der Waals surface area contributed by atoms with E-state index < -0.39 is 0 Å². The van der Waals surface area contributed by atoms with Crippen LogP contribution >= 0.6 is 0 Å². The van der Waals surface area contributed by atoms with Gasteiger partial charge in [0.15, 0.2) is 11.5 Å². The van der Waals surface area contributed by atoms with E-state index in [0.717, 1.165) is 0 Å². The van der Waals surface area contributed by atoms with Crippen LogP contribution in [0.15, 0.2) is 30.4 Å². The molecule has 1 rings (SSSR count). The van der Waals surface area contributed by atoms with Gasteiger partial charge in [-0.2, -0.15) is 10.5 Å². The van der Waals surface area contributed by atoms with E-state index in [2.05, 4.69) is 6.58 Å². The summed E-state index contributed by atoms with van der Waals surface area (Å²) in [7, 11) is 0. The first-order chi connectivity index (χ1) is 9.15. The van der Waals surface area contributed by atoms with Crippen LogP contribution in [0.25, 0.3) is 6.08 Å². The molecule has 0 radical (unpaired) electrons. The van der Waals surface area contributed by atoms with E-state index in [9.17, 15) is 5.11 Å². The minimum absolute atomic E-state index is 0.00214. The fourth-order valence-corrected chi connectivity index (χ4v) is 1.61. The standard InChI is InChI=1S/C15H14N2O2/c1-3-5-13-7-11(6-12(9-16)10-17)8-14(15(13)18)19-4-2/h3,6-8,18H,1,4-5H2,2H3. The molecule has 4 nitrogen and oxygen atoms in total. The number of benzene rings is 1. The highest BCUT2D eigenvalue weighted by Gasteiger charge is 2.10. The van der Waals surface area contributed by atoms with Crippen molar-refractivity contribution in [3.63, 3.8) is 0 Å². The van der Waals surface area contributed by atoms with Crippen LogP contribution < -0.4 is 4.74 Å². The first kappa shape index (κ1) is 14.3.